The number of nitrogens with one attached hydrogen (secondary N) is 1. The van der Waals surface area contributed by atoms with Crippen molar-refractivity contribution in [1.82, 2.24) is 5.32 Å². The van der Waals surface area contributed by atoms with Crippen LogP contribution in [0.5, 0.6) is 5.75 Å². The molecule has 22 heavy (non-hydrogen) atoms. The van der Waals surface area contributed by atoms with Gasteiger partial charge in [-0.15, -0.1) is 0 Å². The van der Waals surface area contributed by atoms with Gasteiger partial charge in [0.25, 0.3) is 0 Å². The van der Waals surface area contributed by atoms with Gasteiger partial charge < -0.3 is 10.1 Å². The number of carbonyl (C=O) groups is 1. The first-order chi connectivity index (χ1) is 10.4. The molecule has 0 aromatic heterocycles. The number of methoxy groups -OCH3 is 1. The number of aryl methyl sites for hydroxylation is 1. The zero-order chi connectivity index (χ0) is 16.2. The third-order valence-corrected chi connectivity index (χ3v) is 6.23. The van der Waals surface area contributed by atoms with E-state index in [1.807, 2.05) is 18.2 Å². The molecular weight excluding hydrogens is 370 g/mol. The standard InChI is InChI=1S/C15H20BrNO4S/c1-21-14-4-2-11(8-13(14)16)3-5-15(18)17-9-12-6-7-22(19,20)10-12/h2,4,8,12H,3,5-7,9-10H2,1H3,(H,17,18). The number of ether oxygens (including phenoxy) is 1. The molecule has 5 nitrogen and oxygen atoms in total. The summed E-state index contributed by atoms with van der Waals surface area (Å²) in [4.78, 5) is 11.8. The number of benzene rings is 1. The van der Waals surface area contributed by atoms with Crippen LogP contribution in [0.15, 0.2) is 22.7 Å². The van der Waals surface area contributed by atoms with Crippen LogP contribution >= 0.6 is 15.9 Å². The van der Waals surface area contributed by atoms with Gasteiger partial charge in [-0.1, -0.05) is 6.07 Å². The summed E-state index contributed by atoms with van der Waals surface area (Å²) in [7, 11) is -1.27. The molecule has 1 unspecified atom stereocenters. The summed E-state index contributed by atoms with van der Waals surface area (Å²) in [5.74, 6) is 1.21. The fourth-order valence-electron chi connectivity index (χ4n) is 2.50. The summed E-state index contributed by atoms with van der Waals surface area (Å²) in [6.45, 7) is 0.449. The van der Waals surface area contributed by atoms with Crippen molar-refractivity contribution in [2.45, 2.75) is 19.3 Å². The van der Waals surface area contributed by atoms with Gasteiger partial charge >= 0.3 is 0 Å². The van der Waals surface area contributed by atoms with Gasteiger partial charge in [0.15, 0.2) is 9.84 Å². The molecule has 1 N–H and O–H groups in total. The molecule has 0 aliphatic carbocycles. The minimum atomic E-state index is -2.88. The highest BCUT2D eigenvalue weighted by Gasteiger charge is 2.27. The van der Waals surface area contributed by atoms with E-state index in [1.54, 1.807) is 7.11 Å². The molecule has 7 heteroatoms. The summed E-state index contributed by atoms with van der Waals surface area (Å²) in [5, 5.41) is 2.83. The van der Waals surface area contributed by atoms with Crippen molar-refractivity contribution in [2.24, 2.45) is 5.92 Å². The average molecular weight is 390 g/mol. The summed E-state index contributed by atoms with van der Waals surface area (Å²) in [6.07, 6.45) is 1.67. The molecule has 2 rings (SSSR count). The normalized spacial score (nSPS) is 19.8. The van der Waals surface area contributed by atoms with Crippen LogP contribution in [0.25, 0.3) is 0 Å². The number of carbonyl (C=O) groups excluding carboxylic acids is 1. The van der Waals surface area contributed by atoms with Crippen LogP contribution in [0.2, 0.25) is 0 Å². The smallest absolute Gasteiger partial charge is 0.220 e. The van der Waals surface area contributed by atoms with Gasteiger partial charge in [0.05, 0.1) is 23.1 Å². The van der Waals surface area contributed by atoms with Gasteiger partial charge in [-0.2, -0.15) is 0 Å². The van der Waals surface area contributed by atoms with E-state index in [2.05, 4.69) is 21.2 Å². The fraction of sp³-hybridized carbons (Fsp3) is 0.533. The summed E-state index contributed by atoms with van der Waals surface area (Å²) >= 11 is 3.42. The minimum absolute atomic E-state index is 0.0451. The van der Waals surface area contributed by atoms with E-state index in [1.165, 1.54) is 0 Å². The second-order valence-electron chi connectivity index (χ2n) is 5.54. The van der Waals surface area contributed by atoms with E-state index in [0.717, 1.165) is 15.8 Å². The molecule has 0 saturated carbocycles. The fourth-order valence-corrected chi connectivity index (χ4v) is 4.95. The van der Waals surface area contributed by atoms with Crippen LogP contribution in [0.3, 0.4) is 0 Å². The van der Waals surface area contributed by atoms with E-state index in [9.17, 15) is 13.2 Å². The van der Waals surface area contributed by atoms with E-state index in [-0.39, 0.29) is 23.3 Å². The second kappa shape index (κ2) is 7.46. The van der Waals surface area contributed by atoms with Gasteiger partial charge in [0.1, 0.15) is 5.75 Å². The first-order valence-corrected chi connectivity index (χ1v) is 9.80. The van der Waals surface area contributed by atoms with Gasteiger partial charge in [0, 0.05) is 13.0 Å². The quantitative estimate of drug-likeness (QED) is 0.806. The molecule has 1 aromatic rings. The van der Waals surface area contributed by atoms with Crippen LogP contribution < -0.4 is 10.1 Å². The topological polar surface area (TPSA) is 72.5 Å². The Bertz CT molecular complexity index is 645. The Hall–Kier alpha value is -1.08. The van der Waals surface area contributed by atoms with Crippen molar-refractivity contribution in [1.29, 1.82) is 0 Å². The molecule has 1 amide bonds. The van der Waals surface area contributed by atoms with E-state index in [4.69, 9.17) is 4.74 Å². The third-order valence-electron chi connectivity index (χ3n) is 3.77. The number of halogens is 1. The van der Waals surface area contributed by atoms with Crippen molar-refractivity contribution in [2.75, 3.05) is 25.2 Å². The molecule has 1 atom stereocenters. The number of sulfone groups is 1. The molecule has 1 fully saturated rings. The molecule has 1 aliphatic heterocycles. The van der Waals surface area contributed by atoms with E-state index >= 15 is 0 Å². The summed E-state index contributed by atoms with van der Waals surface area (Å²) < 4.78 is 28.7. The molecule has 1 heterocycles. The Labute approximate surface area is 139 Å². The lowest BCUT2D eigenvalue weighted by Gasteiger charge is -2.10. The highest BCUT2D eigenvalue weighted by atomic mass is 79.9. The Balaban J connectivity index is 1.75. The SMILES string of the molecule is COc1ccc(CCC(=O)NCC2CCS(=O)(=O)C2)cc1Br. The predicted molar refractivity (Wildman–Crippen MR) is 88.8 cm³/mol. The van der Waals surface area contributed by atoms with Crippen molar-refractivity contribution < 1.29 is 17.9 Å². The van der Waals surface area contributed by atoms with Crippen LogP contribution in [-0.2, 0) is 21.1 Å². The van der Waals surface area contributed by atoms with E-state index in [0.29, 0.717) is 25.8 Å². The van der Waals surface area contributed by atoms with Crippen molar-refractivity contribution >= 4 is 31.7 Å². The lowest BCUT2D eigenvalue weighted by Crippen LogP contribution is -2.29. The molecule has 0 spiro atoms. The maximum absolute atomic E-state index is 11.8. The van der Waals surface area contributed by atoms with Crippen molar-refractivity contribution in [3.63, 3.8) is 0 Å². The summed E-state index contributed by atoms with van der Waals surface area (Å²) in [5.41, 5.74) is 1.05. The Morgan fingerprint density at radius 3 is 2.82 bits per heavy atom. The maximum atomic E-state index is 11.8. The number of hydrogen-bond donors (Lipinski definition) is 1. The Morgan fingerprint density at radius 1 is 1.45 bits per heavy atom. The molecule has 0 bridgehead atoms. The lowest BCUT2D eigenvalue weighted by molar-refractivity contribution is -0.121. The first kappa shape index (κ1) is 17.3. The first-order valence-electron chi connectivity index (χ1n) is 7.19. The zero-order valence-electron chi connectivity index (χ0n) is 12.5. The number of hydrogen-bond acceptors (Lipinski definition) is 4. The largest absolute Gasteiger partial charge is 0.496 e. The Morgan fingerprint density at radius 2 is 2.23 bits per heavy atom. The molecule has 1 aromatic carbocycles. The highest BCUT2D eigenvalue weighted by molar-refractivity contribution is 9.10. The number of amides is 1. The second-order valence-corrected chi connectivity index (χ2v) is 8.63. The molecular formula is C15H20BrNO4S. The summed E-state index contributed by atoms with van der Waals surface area (Å²) in [6, 6.07) is 5.73. The van der Waals surface area contributed by atoms with Gasteiger partial charge in [0.2, 0.25) is 5.91 Å². The average Bonchev–Trinajstić information content (AvgIpc) is 2.82. The van der Waals surface area contributed by atoms with Crippen LogP contribution in [0.1, 0.15) is 18.4 Å². The van der Waals surface area contributed by atoms with Crippen LogP contribution in [0, 0.1) is 5.92 Å². The van der Waals surface area contributed by atoms with Crippen molar-refractivity contribution in [3.8, 4) is 5.75 Å². The molecule has 1 aliphatic rings. The van der Waals surface area contributed by atoms with Gasteiger partial charge in [-0.05, 0) is 52.4 Å². The monoisotopic (exact) mass is 389 g/mol. The van der Waals surface area contributed by atoms with Crippen LogP contribution in [0.4, 0.5) is 0 Å². The Kier molecular flexibility index (Phi) is 5.86. The van der Waals surface area contributed by atoms with Crippen LogP contribution in [-0.4, -0.2) is 39.5 Å². The number of rotatable bonds is 6. The molecule has 0 radical (unpaired) electrons. The maximum Gasteiger partial charge on any atom is 0.220 e. The van der Waals surface area contributed by atoms with Gasteiger partial charge in [-0.3, -0.25) is 4.79 Å². The molecule has 122 valence electrons. The zero-order valence-corrected chi connectivity index (χ0v) is 14.9. The van der Waals surface area contributed by atoms with Crippen molar-refractivity contribution in [3.05, 3.63) is 28.2 Å². The predicted octanol–water partition coefficient (Wildman–Crippen LogP) is 1.94. The van der Waals surface area contributed by atoms with E-state index < -0.39 is 9.84 Å². The minimum Gasteiger partial charge on any atom is -0.496 e. The highest BCUT2D eigenvalue weighted by Crippen LogP contribution is 2.26. The molecule has 1 saturated heterocycles. The lowest BCUT2D eigenvalue weighted by atomic mass is 10.1. The van der Waals surface area contributed by atoms with Gasteiger partial charge in [-0.25, -0.2) is 8.42 Å². The third kappa shape index (κ3) is 4.98.